The standard InChI is InChI=1S/C33H40F4N2O4/c1-30(2,3)43-29(41)32(13-14-32)21-38-17-15-31(16-18-38,22-42-27-12-8-7-11-25(27)34)20-39(28(40)33(35,36)37)26-19-24(26)23-9-5-4-6-10-23/h4-12,24,26H,13-22H2,1-3H3/t24-,26+/m0/s1. The van der Waals surface area contributed by atoms with Crippen molar-refractivity contribution in [2.24, 2.45) is 10.8 Å². The summed E-state index contributed by atoms with van der Waals surface area (Å²) >= 11 is 0. The molecule has 3 aliphatic rings. The molecule has 1 amide bonds. The highest BCUT2D eigenvalue weighted by Crippen LogP contribution is 2.50. The number of nitrogens with zero attached hydrogens (tertiary/aromatic N) is 2. The van der Waals surface area contributed by atoms with Crippen LogP contribution in [0, 0.1) is 16.6 Å². The highest BCUT2D eigenvalue weighted by atomic mass is 19.4. The van der Waals surface area contributed by atoms with Gasteiger partial charge in [-0.1, -0.05) is 42.5 Å². The van der Waals surface area contributed by atoms with Gasteiger partial charge in [0.2, 0.25) is 0 Å². The van der Waals surface area contributed by atoms with Crippen LogP contribution in [0.1, 0.15) is 64.4 Å². The number of alkyl halides is 3. The molecule has 3 fully saturated rings. The number of benzene rings is 2. The Morgan fingerprint density at radius 2 is 1.58 bits per heavy atom. The Labute approximate surface area is 250 Å². The normalized spacial score (nSPS) is 22.9. The van der Waals surface area contributed by atoms with Crippen LogP contribution in [0.3, 0.4) is 0 Å². The highest BCUT2D eigenvalue weighted by molar-refractivity contribution is 5.83. The van der Waals surface area contributed by atoms with Gasteiger partial charge in [-0.3, -0.25) is 9.59 Å². The molecule has 1 saturated heterocycles. The predicted octanol–water partition coefficient (Wildman–Crippen LogP) is 6.36. The number of hydrogen-bond acceptors (Lipinski definition) is 5. The number of carbonyl (C=O) groups is 2. The number of ether oxygens (including phenoxy) is 2. The Kier molecular flexibility index (Phi) is 8.55. The molecule has 2 saturated carbocycles. The molecule has 1 heterocycles. The van der Waals surface area contributed by atoms with E-state index in [1.807, 2.05) is 51.1 Å². The molecule has 43 heavy (non-hydrogen) atoms. The number of carbonyl (C=O) groups excluding carboxylic acids is 2. The molecule has 0 N–H and O–H groups in total. The van der Waals surface area contributed by atoms with Crippen molar-refractivity contribution in [3.63, 3.8) is 0 Å². The second kappa shape index (κ2) is 11.7. The van der Waals surface area contributed by atoms with Crippen molar-refractivity contribution in [1.82, 2.24) is 9.80 Å². The molecule has 6 nitrogen and oxygen atoms in total. The SMILES string of the molecule is CC(C)(C)OC(=O)C1(CN2CCC(COc3ccccc3F)(CN(C(=O)C(F)(F)F)[C@@H]3C[C@H]3c3ccccc3)CC2)CC1. The third kappa shape index (κ3) is 7.51. The van der Waals surface area contributed by atoms with Crippen molar-refractivity contribution in [2.75, 3.05) is 32.8 Å². The number of amides is 1. The van der Waals surface area contributed by atoms with E-state index >= 15 is 0 Å². The molecule has 2 aliphatic carbocycles. The van der Waals surface area contributed by atoms with E-state index in [1.54, 1.807) is 6.07 Å². The van der Waals surface area contributed by atoms with Crippen LogP contribution in [0.2, 0.25) is 0 Å². The average molecular weight is 605 g/mol. The molecule has 2 atom stereocenters. The molecule has 1 aliphatic heterocycles. The molecule has 0 bridgehead atoms. The summed E-state index contributed by atoms with van der Waals surface area (Å²) in [5.74, 6) is -2.79. The molecule has 0 aromatic heterocycles. The van der Waals surface area contributed by atoms with Gasteiger partial charge in [0.15, 0.2) is 11.6 Å². The Bertz CT molecular complexity index is 1300. The lowest BCUT2D eigenvalue weighted by molar-refractivity contribution is -0.188. The van der Waals surface area contributed by atoms with Gasteiger partial charge in [0.05, 0.1) is 12.0 Å². The summed E-state index contributed by atoms with van der Waals surface area (Å²) in [6.07, 6.45) is -2.26. The largest absolute Gasteiger partial charge is 0.490 e. The monoisotopic (exact) mass is 604 g/mol. The summed E-state index contributed by atoms with van der Waals surface area (Å²) in [7, 11) is 0. The van der Waals surface area contributed by atoms with E-state index in [0.717, 1.165) is 23.3 Å². The van der Waals surface area contributed by atoms with Crippen LogP contribution in [0.15, 0.2) is 54.6 Å². The molecule has 0 unspecified atom stereocenters. The lowest BCUT2D eigenvalue weighted by Gasteiger charge is -2.45. The van der Waals surface area contributed by atoms with Crippen LogP contribution >= 0.6 is 0 Å². The molecular weight excluding hydrogens is 564 g/mol. The summed E-state index contributed by atoms with van der Waals surface area (Å²) in [6.45, 7) is 6.84. The van der Waals surface area contributed by atoms with E-state index in [-0.39, 0.29) is 30.8 Å². The lowest BCUT2D eigenvalue weighted by Crippen LogP contribution is -2.54. The zero-order valence-corrected chi connectivity index (χ0v) is 25.0. The molecule has 5 rings (SSSR count). The van der Waals surface area contributed by atoms with Crippen molar-refractivity contribution in [1.29, 1.82) is 0 Å². The van der Waals surface area contributed by atoms with E-state index in [0.29, 0.717) is 38.9 Å². The van der Waals surface area contributed by atoms with Crippen molar-refractivity contribution >= 4 is 11.9 Å². The van der Waals surface area contributed by atoms with Gasteiger partial charge in [-0.2, -0.15) is 13.2 Å². The van der Waals surface area contributed by atoms with E-state index in [4.69, 9.17) is 9.47 Å². The number of esters is 1. The topological polar surface area (TPSA) is 59.1 Å². The molecule has 2 aromatic carbocycles. The summed E-state index contributed by atoms with van der Waals surface area (Å²) < 4.78 is 67.8. The van der Waals surface area contributed by atoms with Crippen LogP contribution < -0.4 is 4.74 Å². The highest BCUT2D eigenvalue weighted by Gasteiger charge is 2.56. The Hall–Kier alpha value is -3.14. The lowest BCUT2D eigenvalue weighted by atomic mass is 9.78. The third-order valence-corrected chi connectivity index (χ3v) is 8.89. The second-order valence-corrected chi connectivity index (χ2v) is 13.5. The first kappa shape index (κ1) is 31.3. The molecular formula is C33H40F4N2O4. The molecule has 2 aromatic rings. The van der Waals surface area contributed by atoms with Gasteiger partial charge < -0.3 is 19.3 Å². The van der Waals surface area contributed by atoms with Crippen molar-refractivity contribution in [3.8, 4) is 5.75 Å². The van der Waals surface area contributed by atoms with Crippen LogP contribution in [-0.4, -0.2) is 72.3 Å². The van der Waals surface area contributed by atoms with Crippen molar-refractivity contribution in [3.05, 3.63) is 66.0 Å². The predicted molar refractivity (Wildman–Crippen MR) is 153 cm³/mol. The van der Waals surface area contributed by atoms with Gasteiger partial charge in [0, 0.05) is 30.5 Å². The minimum Gasteiger partial charge on any atom is -0.490 e. The first-order chi connectivity index (χ1) is 20.2. The molecule has 0 radical (unpaired) electrons. The third-order valence-electron chi connectivity index (χ3n) is 8.89. The summed E-state index contributed by atoms with van der Waals surface area (Å²) in [6, 6.07) is 14.6. The maximum absolute atomic E-state index is 14.5. The minimum absolute atomic E-state index is 0.0217. The van der Waals surface area contributed by atoms with Gasteiger partial charge in [-0.25, -0.2) is 4.39 Å². The van der Waals surface area contributed by atoms with Gasteiger partial charge in [0.25, 0.3) is 0 Å². The number of halogens is 4. The summed E-state index contributed by atoms with van der Waals surface area (Å²) in [4.78, 5) is 28.9. The van der Waals surface area contributed by atoms with E-state index in [1.165, 1.54) is 18.2 Å². The maximum atomic E-state index is 14.5. The van der Waals surface area contributed by atoms with Crippen LogP contribution in [0.4, 0.5) is 17.6 Å². The number of para-hydroxylation sites is 1. The van der Waals surface area contributed by atoms with Gasteiger partial charge in [-0.05, 0) is 83.7 Å². The first-order valence-corrected chi connectivity index (χ1v) is 15.0. The number of hydrogen-bond donors (Lipinski definition) is 0. The zero-order chi connectivity index (χ0) is 31.0. The number of rotatable bonds is 10. The number of piperidine rings is 1. The van der Waals surface area contributed by atoms with Crippen LogP contribution in [0.25, 0.3) is 0 Å². The minimum atomic E-state index is -5.02. The van der Waals surface area contributed by atoms with Gasteiger partial charge >= 0.3 is 18.1 Å². The molecule has 10 heteroatoms. The Balaban J connectivity index is 1.34. The fraction of sp³-hybridized carbons (Fsp3) is 0.576. The number of likely N-dealkylation sites (tertiary alicyclic amines) is 1. The fourth-order valence-corrected chi connectivity index (χ4v) is 6.17. The quantitative estimate of drug-likeness (QED) is 0.234. The molecule has 234 valence electrons. The zero-order valence-electron chi connectivity index (χ0n) is 25.0. The van der Waals surface area contributed by atoms with E-state index in [9.17, 15) is 27.2 Å². The Morgan fingerprint density at radius 1 is 0.953 bits per heavy atom. The van der Waals surface area contributed by atoms with Crippen LogP contribution in [-0.2, 0) is 14.3 Å². The van der Waals surface area contributed by atoms with E-state index in [2.05, 4.69) is 4.90 Å². The van der Waals surface area contributed by atoms with Crippen LogP contribution in [0.5, 0.6) is 5.75 Å². The summed E-state index contributed by atoms with van der Waals surface area (Å²) in [5.41, 5.74) is -1.10. The van der Waals surface area contributed by atoms with Crippen molar-refractivity contribution < 1.29 is 36.6 Å². The maximum Gasteiger partial charge on any atom is 0.471 e. The second-order valence-electron chi connectivity index (χ2n) is 13.5. The van der Waals surface area contributed by atoms with Gasteiger partial charge in [-0.15, -0.1) is 0 Å². The smallest absolute Gasteiger partial charge is 0.471 e. The average Bonchev–Trinajstić information content (AvgIpc) is 3.87. The van der Waals surface area contributed by atoms with Crippen molar-refractivity contribution in [2.45, 2.75) is 76.6 Å². The first-order valence-electron chi connectivity index (χ1n) is 15.0. The van der Waals surface area contributed by atoms with E-state index < -0.39 is 40.4 Å². The fourth-order valence-electron chi connectivity index (χ4n) is 6.17. The Morgan fingerprint density at radius 3 is 2.16 bits per heavy atom. The summed E-state index contributed by atoms with van der Waals surface area (Å²) in [5, 5.41) is 0. The molecule has 0 spiro atoms. The van der Waals surface area contributed by atoms with Gasteiger partial charge in [0.1, 0.15) is 5.60 Å².